The molecule has 218 valence electrons. The lowest BCUT2D eigenvalue weighted by Gasteiger charge is -2.68. The van der Waals surface area contributed by atoms with Gasteiger partial charge < -0.3 is 48.9 Å². The van der Waals surface area contributed by atoms with Gasteiger partial charge in [-0.15, -0.1) is 0 Å². The number of hydrogen-bond donors (Lipinski definition) is 5. The van der Waals surface area contributed by atoms with E-state index in [0.29, 0.717) is 29.4 Å². The molecule has 1 saturated heterocycles. The van der Waals surface area contributed by atoms with E-state index in [9.17, 15) is 30.3 Å². The Morgan fingerprint density at radius 3 is 2.67 bits per heavy atom. The van der Waals surface area contributed by atoms with Crippen molar-refractivity contribution in [2.24, 2.45) is 23.7 Å². The van der Waals surface area contributed by atoms with Crippen molar-refractivity contribution >= 4 is 16.9 Å². The fourth-order valence-electron chi connectivity index (χ4n) is 7.74. The van der Waals surface area contributed by atoms with Crippen molar-refractivity contribution in [3.05, 3.63) is 36.1 Å². The molecule has 5 N–H and O–H groups in total. The van der Waals surface area contributed by atoms with Gasteiger partial charge in [-0.1, -0.05) is 12.2 Å². The topological polar surface area (TPSA) is 168 Å². The van der Waals surface area contributed by atoms with Gasteiger partial charge in [-0.25, -0.2) is 0 Å². The summed E-state index contributed by atoms with van der Waals surface area (Å²) in [6, 6.07) is 3.52. The van der Waals surface area contributed by atoms with Crippen molar-refractivity contribution in [1.29, 1.82) is 0 Å². The van der Waals surface area contributed by atoms with Crippen LogP contribution in [0.25, 0.3) is 11.0 Å². The summed E-state index contributed by atoms with van der Waals surface area (Å²) in [5.74, 6) is -2.17. The molecule has 1 aromatic heterocycles. The van der Waals surface area contributed by atoms with Crippen LogP contribution in [0.1, 0.15) is 31.7 Å². The van der Waals surface area contributed by atoms with Crippen LogP contribution >= 0.6 is 0 Å². The van der Waals surface area contributed by atoms with Crippen molar-refractivity contribution in [1.82, 2.24) is 0 Å². The number of furan rings is 1. The average Bonchev–Trinajstić information content (AvgIpc) is 3.41. The Bertz CT molecular complexity index is 1300. The number of hydrogen-bond acceptors (Lipinski definition) is 11. The molecule has 2 aromatic rings. The number of ether oxygens (including phenoxy) is 4. The molecule has 1 aliphatic heterocycles. The zero-order valence-electron chi connectivity index (χ0n) is 22.4. The van der Waals surface area contributed by atoms with E-state index in [1.54, 1.807) is 31.2 Å². The summed E-state index contributed by atoms with van der Waals surface area (Å²) in [6.07, 6.45) is 0.888. The number of aliphatic hydroxyl groups excluding tert-OH is 3. The van der Waals surface area contributed by atoms with Crippen LogP contribution in [0.5, 0.6) is 11.5 Å². The molecule has 0 radical (unpaired) electrons. The first kappa shape index (κ1) is 27.5. The maximum atomic E-state index is 12.4. The molecule has 0 spiro atoms. The number of carbonyl (C=O) groups excluding carboxylic acids is 1. The monoisotopic (exact) mass is 560 g/mol. The Balaban J connectivity index is 1.46. The first-order chi connectivity index (χ1) is 19.2. The fraction of sp³-hybridized carbons (Fsp3) is 0.621. The summed E-state index contributed by atoms with van der Waals surface area (Å²) in [4.78, 5) is 12.2. The van der Waals surface area contributed by atoms with Gasteiger partial charge in [0.1, 0.15) is 17.8 Å². The van der Waals surface area contributed by atoms with E-state index in [1.165, 1.54) is 13.4 Å². The second-order valence-corrected chi connectivity index (χ2v) is 11.3. The quantitative estimate of drug-likeness (QED) is 0.231. The van der Waals surface area contributed by atoms with Gasteiger partial charge in [0.15, 0.2) is 16.9 Å². The summed E-state index contributed by atoms with van der Waals surface area (Å²) < 4.78 is 28.9. The van der Waals surface area contributed by atoms with Crippen LogP contribution in [0.4, 0.5) is 0 Å². The van der Waals surface area contributed by atoms with Crippen LogP contribution in [0.2, 0.25) is 0 Å². The summed E-state index contributed by atoms with van der Waals surface area (Å²) in [6.45, 7) is 1.32. The molecular weight excluding hydrogens is 524 g/mol. The Kier molecular flexibility index (Phi) is 6.88. The molecule has 2 heterocycles. The summed E-state index contributed by atoms with van der Waals surface area (Å²) in [7, 11) is 1.43. The molecule has 3 fully saturated rings. The van der Waals surface area contributed by atoms with E-state index in [2.05, 4.69) is 0 Å². The number of aliphatic hydroxyl groups is 5. The van der Waals surface area contributed by atoms with Crippen LogP contribution < -0.4 is 9.47 Å². The molecule has 3 aliphatic carbocycles. The summed E-state index contributed by atoms with van der Waals surface area (Å²) in [5, 5.41) is 57.8. The lowest BCUT2D eigenvalue weighted by atomic mass is 9.45. The number of fused-ring (bicyclic) bond motifs is 4. The highest BCUT2D eigenvalue weighted by Crippen LogP contribution is 2.62. The first-order valence-electron chi connectivity index (χ1n) is 13.8. The largest absolute Gasteiger partial charge is 0.490 e. The molecule has 2 saturated carbocycles. The van der Waals surface area contributed by atoms with Crippen LogP contribution in [0.3, 0.4) is 0 Å². The molecule has 40 heavy (non-hydrogen) atoms. The molecule has 6 bridgehead atoms. The highest BCUT2D eigenvalue weighted by molar-refractivity contribution is 5.87. The third kappa shape index (κ3) is 3.75. The van der Waals surface area contributed by atoms with Gasteiger partial charge >= 0.3 is 5.97 Å². The number of benzene rings is 1. The normalized spacial score (nSPS) is 39.7. The molecule has 4 aliphatic rings. The maximum Gasteiger partial charge on any atom is 0.306 e. The SMILES string of the molecule is CCOC(=O)CCc1cc2ccoc2c(OC)c1O[C@H]1O[C@H](CO)[C@]2(O)[C@H](O)[C@]1(O)[C@@H]1[C@H]3C=C[C@@H]2[C@H]1CC[C@H]3O. The van der Waals surface area contributed by atoms with E-state index in [1.807, 2.05) is 0 Å². The molecule has 0 unspecified atom stereocenters. The van der Waals surface area contributed by atoms with Gasteiger partial charge in [0.2, 0.25) is 12.0 Å². The van der Waals surface area contributed by atoms with Crippen molar-refractivity contribution in [2.75, 3.05) is 20.3 Å². The second kappa shape index (κ2) is 10.0. The smallest absolute Gasteiger partial charge is 0.306 e. The predicted molar refractivity (Wildman–Crippen MR) is 138 cm³/mol. The number of carbonyl (C=O) groups is 1. The Labute approximate surface area is 230 Å². The van der Waals surface area contributed by atoms with Gasteiger partial charge in [0.25, 0.3) is 0 Å². The Morgan fingerprint density at radius 2 is 1.95 bits per heavy atom. The number of methoxy groups -OCH3 is 1. The molecule has 10 atom stereocenters. The molecular formula is C29H36O11. The van der Waals surface area contributed by atoms with E-state index in [-0.39, 0.29) is 36.9 Å². The average molecular weight is 561 g/mol. The fourth-order valence-corrected chi connectivity index (χ4v) is 7.74. The minimum Gasteiger partial charge on any atom is -0.490 e. The third-order valence-corrected chi connectivity index (χ3v) is 9.47. The van der Waals surface area contributed by atoms with E-state index in [4.69, 9.17) is 23.4 Å². The second-order valence-electron chi connectivity index (χ2n) is 11.3. The van der Waals surface area contributed by atoms with Crippen LogP contribution in [-0.2, 0) is 20.7 Å². The summed E-state index contributed by atoms with van der Waals surface area (Å²) in [5.41, 5.74) is -3.25. The maximum absolute atomic E-state index is 12.4. The minimum absolute atomic E-state index is 0.0413. The van der Waals surface area contributed by atoms with Crippen molar-refractivity contribution in [3.8, 4) is 11.5 Å². The van der Waals surface area contributed by atoms with Gasteiger partial charge in [0, 0.05) is 29.6 Å². The van der Waals surface area contributed by atoms with Crippen molar-refractivity contribution < 1.29 is 53.7 Å². The highest BCUT2D eigenvalue weighted by atomic mass is 16.7. The molecule has 11 heteroatoms. The van der Waals surface area contributed by atoms with Crippen molar-refractivity contribution in [2.45, 2.75) is 68.4 Å². The first-order valence-corrected chi connectivity index (χ1v) is 13.8. The minimum atomic E-state index is -2.17. The highest BCUT2D eigenvalue weighted by Gasteiger charge is 2.76. The van der Waals surface area contributed by atoms with Gasteiger partial charge in [-0.2, -0.15) is 0 Å². The number of aryl methyl sites for hydroxylation is 1. The number of esters is 1. The van der Waals surface area contributed by atoms with Crippen LogP contribution in [0, 0.1) is 23.7 Å². The van der Waals surface area contributed by atoms with Gasteiger partial charge in [0.05, 0.1) is 32.7 Å². The summed E-state index contributed by atoms with van der Waals surface area (Å²) >= 11 is 0. The van der Waals surface area contributed by atoms with E-state index >= 15 is 0 Å². The van der Waals surface area contributed by atoms with Gasteiger partial charge in [-0.3, -0.25) is 4.79 Å². The zero-order valence-corrected chi connectivity index (χ0v) is 22.4. The van der Waals surface area contributed by atoms with Crippen LogP contribution in [0.15, 0.2) is 35.0 Å². The standard InChI is InChI=1S/C29H36O11/c1-3-37-21(32)9-4-14-12-15-10-11-38-23(15)25(36-2)24(14)40-27-29(35)22-16-6-8-19(31)17(22)5-7-18(16)28(34,26(29)33)20(13-30)39-27/h5,7,10-12,16-20,22,26-27,30-31,33-35H,3-4,6,8-9,13H2,1-2H3/t16-,17+,18-,19-,20-,22+,26+,27-,28+,29-/m1/s1. The van der Waals surface area contributed by atoms with Gasteiger partial charge in [-0.05, 0) is 49.8 Å². The number of rotatable bonds is 8. The predicted octanol–water partition coefficient (Wildman–Crippen LogP) is 1.06. The molecule has 0 amide bonds. The molecule has 11 nitrogen and oxygen atoms in total. The molecule has 6 rings (SSSR count). The zero-order chi connectivity index (χ0) is 28.4. The lowest BCUT2D eigenvalue weighted by Crippen LogP contribution is -2.84. The van der Waals surface area contributed by atoms with E-state index < -0.39 is 66.1 Å². The van der Waals surface area contributed by atoms with E-state index in [0.717, 1.165) is 0 Å². The van der Waals surface area contributed by atoms with Crippen molar-refractivity contribution in [3.63, 3.8) is 0 Å². The lowest BCUT2D eigenvalue weighted by molar-refractivity contribution is -0.406. The Hall–Kier alpha value is -2.67. The molecule has 1 aromatic carbocycles. The van der Waals surface area contributed by atoms with Crippen LogP contribution in [-0.4, -0.2) is 87.6 Å². The Morgan fingerprint density at radius 1 is 1.15 bits per heavy atom. The third-order valence-electron chi connectivity index (χ3n) is 9.47.